The Hall–Kier alpha value is -1.61. The van der Waals surface area contributed by atoms with Crippen LogP contribution >= 0.6 is 11.8 Å². The lowest BCUT2D eigenvalue weighted by molar-refractivity contribution is 0.428. The van der Waals surface area contributed by atoms with E-state index in [0.717, 1.165) is 5.75 Å². The molecule has 2 nitrogen and oxygen atoms in total. The van der Waals surface area contributed by atoms with E-state index in [1.807, 2.05) is 24.3 Å². The lowest BCUT2D eigenvalue weighted by Crippen LogP contribution is -2.34. The molecule has 0 aliphatic carbocycles. The number of fused-ring (bicyclic) bond motifs is 1. The van der Waals surface area contributed by atoms with Gasteiger partial charge in [0.15, 0.2) is 0 Å². The van der Waals surface area contributed by atoms with E-state index in [4.69, 9.17) is 0 Å². The van der Waals surface area contributed by atoms with Crippen LogP contribution in [0.2, 0.25) is 0 Å². The second-order valence-electron chi connectivity index (χ2n) is 5.70. The van der Waals surface area contributed by atoms with Gasteiger partial charge in [-0.1, -0.05) is 32.0 Å². The van der Waals surface area contributed by atoms with Crippen molar-refractivity contribution < 1.29 is 10.2 Å². The molecule has 2 N–H and O–H groups in total. The first-order valence-electron chi connectivity index (χ1n) is 6.76. The SMILES string of the molecule is CC1c2ccc(O)cc2SC[C@]1(C)c1ccc(O)cc1. The summed E-state index contributed by atoms with van der Waals surface area (Å²) >= 11 is 1.79. The molecule has 1 heterocycles. The van der Waals surface area contributed by atoms with E-state index < -0.39 is 0 Å². The average Bonchev–Trinajstić information content (AvgIpc) is 2.44. The first-order valence-corrected chi connectivity index (χ1v) is 7.74. The van der Waals surface area contributed by atoms with E-state index in [2.05, 4.69) is 13.8 Å². The zero-order valence-electron chi connectivity index (χ0n) is 11.6. The van der Waals surface area contributed by atoms with E-state index in [9.17, 15) is 10.2 Å². The number of aromatic hydroxyl groups is 2. The molecule has 1 unspecified atom stereocenters. The van der Waals surface area contributed by atoms with Crippen molar-refractivity contribution in [3.8, 4) is 11.5 Å². The fraction of sp³-hybridized carbons (Fsp3) is 0.294. The number of hydrogen-bond donors (Lipinski definition) is 2. The summed E-state index contributed by atoms with van der Waals surface area (Å²) in [5.74, 6) is 1.97. The molecule has 1 aliphatic heterocycles. The maximum Gasteiger partial charge on any atom is 0.116 e. The third-order valence-corrected chi connectivity index (χ3v) is 5.88. The molecular weight excluding hydrogens is 268 g/mol. The van der Waals surface area contributed by atoms with Crippen LogP contribution in [0.3, 0.4) is 0 Å². The molecule has 0 amide bonds. The van der Waals surface area contributed by atoms with Crippen LogP contribution in [0.25, 0.3) is 0 Å². The van der Waals surface area contributed by atoms with Crippen LogP contribution in [0.1, 0.15) is 30.9 Å². The van der Waals surface area contributed by atoms with Gasteiger partial charge in [0.2, 0.25) is 0 Å². The topological polar surface area (TPSA) is 40.5 Å². The van der Waals surface area contributed by atoms with E-state index >= 15 is 0 Å². The maximum atomic E-state index is 9.61. The largest absolute Gasteiger partial charge is 0.508 e. The quantitative estimate of drug-likeness (QED) is 0.822. The number of hydrogen-bond acceptors (Lipinski definition) is 3. The minimum absolute atomic E-state index is 0.0301. The highest BCUT2D eigenvalue weighted by Gasteiger charge is 2.38. The summed E-state index contributed by atoms with van der Waals surface area (Å²) in [6, 6.07) is 13.2. The summed E-state index contributed by atoms with van der Waals surface area (Å²) < 4.78 is 0. The van der Waals surface area contributed by atoms with Crippen LogP contribution in [0, 0.1) is 0 Å². The second-order valence-corrected chi connectivity index (χ2v) is 6.71. The summed E-state index contributed by atoms with van der Waals surface area (Å²) in [5.41, 5.74) is 2.56. The van der Waals surface area contributed by atoms with Crippen LogP contribution in [-0.4, -0.2) is 16.0 Å². The Kier molecular flexibility index (Phi) is 3.17. The Labute approximate surface area is 123 Å². The third kappa shape index (κ3) is 2.06. The Morgan fingerprint density at radius 2 is 1.70 bits per heavy atom. The first kappa shape index (κ1) is 13.4. The number of phenols is 2. The van der Waals surface area contributed by atoms with Crippen molar-refractivity contribution >= 4 is 11.8 Å². The fourth-order valence-corrected chi connectivity index (χ4v) is 4.36. The van der Waals surface area contributed by atoms with Gasteiger partial charge in [0, 0.05) is 16.1 Å². The Balaban J connectivity index is 2.04. The molecule has 104 valence electrons. The maximum absolute atomic E-state index is 9.61. The van der Waals surface area contributed by atoms with Gasteiger partial charge in [0.05, 0.1) is 0 Å². The predicted octanol–water partition coefficient (Wildman–Crippen LogP) is 4.26. The minimum Gasteiger partial charge on any atom is -0.508 e. The van der Waals surface area contributed by atoms with Crippen LogP contribution in [0.5, 0.6) is 11.5 Å². The van der Waals surface area contributed by atoms with Crippen LogP contribution in [0.4, 0.5) is 0 Å². The molecule has 2 aromatic carbocycles. The van der Waals surface area contributed by atoms with Crippen molar-refractivity contribution in [2.75, 3.05) is 5.75 Å². The fourth-order valence-electron chi connectivity index (χ4n) is 2.88. The van der Waals surface area contributed by atoms with Gasteiger partial charge in [-0.25, -0.2) is 0 Å². The average molecular weight is 286 g/mol. The van der Waals surface area contributed by atoms with Crippen molar-refractivity contribution in [3.05, 3.63) is 53.6 Å². The Bertz CT molecular complexity index is 636. The summed E-state index contributed by atoms with van der Waals surface area (Å²) in [6.07, 6.45) is 0. The smallest absolute Gasteiger partial charge is 0.116 e. The molecular formula is C17H18O2S. The molecule has 0 spiro atoms. The number of rotatable bonds is 1. The molecule has 0 radical (unpaired) electrons. The van der Waals surface area contributed by atoms with E-state index in [1.54, 1.807) is 30.0 Å². The number of thioether (sulfide) groups is 1. The minimum atomic E-state index is 0.0301. The van der Waals surface area contributed by atoms with Gasteiger partial charge < -0.3 is 10.2 Å². The van der Waals surface area contributed by atoms with Crippen molar-refractivity contribution in [2.45, 2.75) is 30.1 Å². The standard InChI is InChI=1S/C17H18O2S/c1-11-15-8-7-14(19)9-16(15)20-10-17(11,2)12-3-5-13(18)6-4-12/h3-9,11,18-19H,10H2,1-2H3/t11?,17-/m0/s1. The highest BCUT2D eigenvalue weighted by molar-refractivity contribution is 7.99. The highest BCUT2D eigenvalue weighted by atomic mass is 32.2. The van der Waals surface area contributed by atoms with Crippen LogP contribution in [-0.2, 0) is 5.41 Å². The van der Waals surface area contributed by atoms with Gasteiger partial charge >= 0.3 is 0 Å². The molecule has 0 bridgehead atoms. The molecule has 1 aliphatic rings. The number of benzene rings is 2. The summed E-state index contributed by atoms with van der Waals surface area (Å²) in [5, 5.41) is 19.1. The molecule has 3 rings (SSSR count). The van der Waals surface area contributed by atoms with E-state index in [-0.39, 0.29) is 5.41 Å². The molecule has 0 aromatic heterocycles. The van der Waals surface area contributed by atoms with Crippen molar-refractivity contribution in [3.63, 3.8) is 0 Å². The van der Waals surface area contributed by atoms with Crippen LogP contribution in [0.15, 0.2) is 47.4 Å². The molecule has 2 atom stereocenters. The molecule has 0 saturated carbocycles. The van der Waals surface area contributed by atoms with Crippen molar-refractivity contribution in [1.29, 1.82) is 0 Å². The monoisotopic (exact) mass is 286 g/mol. The lowest BCUT2D eigenvalue weighted by Gasteiger charge is -2.41. The van der Waals surface area contributed by atoms with Gasteiger partial charge in [-0.15, -0.1) is 11.8 Å². The predicted molar refractivity (Wildman–Crippen MR) is 82.7 cm³/mol. The van der Waals surface area contributed by atoms with Crippen LogP contribution < -0.4 is 0 Å². The first-order chi connectivity index (χ1) is 9.50. The van der Waals surface area contributed by atoms with Crippen molar-refractivity contribution in [1.82, 2.24) is 0 Å². The molecule has 0 fully saturated rings. The molecule has 3 heteroatoms. The lowest BCUT2D eigenvalue weighted by atomic mass is 9.71. The zero-order chi connectivity index (χ0) is 14.3. The molecule has 2 aromatic rings. The van der Waals surface area contributed by atoms with E-state index in [0.29, 0.717) is 17.4 Å². The van der Waals surface area contributed by atoms with Crippen molar-refractivity contribution in [2.24, 2.45) is 0 Å². The zero-order valence-corrected chi connectivity index (χ0v) is 12.4. The van der Waals surface area contributed by atoms with Gasteiger partial charge in [-0.2, -0.15) is 0 Å². The van der Waals surface area contributed by atoms with E-state index in [1.165, 1.54) is 16.0 Å². The summed E-state index contributed by atoms with van der Waals surface area (Å²) in [4.78, 5) is 1.17. The third-order valence-electron chi connectivity index (χ3n) is 4.47. The second kappa shape index (κ2) is 4.74. The number of phenolic OH excluding ortho intramolecular Hbond substituents is 2. The highest BCUT2D eigenvalue weighted by Crippen LogP contribution is 2.50. The Morgan fingerprint density at radius 1 is 1.05 bits per heavy atom. The molecule has 20 heavy (non-hydrogen) atoms. The normalized spacial score (nSPS) is 25.2. The summed E-state index contributed by atoms with van der Waals surface area (Å²) in [6.45, 7) is 4.51. The van der Waals surface area contributed by atoms with Gasteiger partial charge in [-0.05, 0) is 41.3 Å². The van der Waals surface area contributed by atoms with Gasteiger partial charge in [0.1, 0.15) is 11.5 Å². The summed E-state index contributed by atoms with van der Waals surface area (Å²) in [7, 11) is 0. The molecule has 0 saturated heterocycles. The van der Waals surface area contributed by atoms with Gasteiger partial charge in [-0.3, -0.25) is 0 Å². The van der Waals surface area contributed by atoms with Gasteiger partial charge in [0.25, 0.3) is 0 Å². The Morgan fingerprint density at radius 3 is 2.40 bits per heavy atom.